The predicted octanol–water partition coefficient (Wildman–Crippen LogP) is 4.88. The van der Waals surface area contributed by atoms with Gasteiger partial charge >= 0.3 is 23.9 Å². The number of carbonyl (C=O) groups excluding carboxylic acids is 4. The minimum Gasteiger partial charge on any atom is -0.481 e. The predicted molar refractivity (Wildman–Crippen MR) is 207 cm³/mol. The first-order valence-electron chi connectivity index (χ1n) is 20.3. The van der Waals surface area contributed by atoms with Crippen LogP contribution in [0.1, 0.15) is 69.7 Å². The molecule has 2 fully saturated rings. The molecule has 0 N–H and O–H groups in total. The van der Waals surface area contributed by atoms with Gasteiger partial charge < -0.3 is 38.2 Å². The summed E-state index contributed by atoms with van der Waals surface area (Å²) in [5.74, 6) is 0.0403. The molecule has 4 bridgehead atoms. The molecule has 0 aromatic heterocycles. The molecule has 0 radical (unpaired) electrons. The van der Waals surface area contributed by atoms with E-state index in [9.17, 15) is 19.2 Å². The van der Waals surface area contributed by atoms with E-state index in [0.717, 1.165) is 61.0 Å². The van der Waals surface area contributed by atoms with Crippen LogP contribution in [0.25, 0.3) is 0 Å². The quantitative estimate of drug-likeness (QED) is 0.192. The van der Waals surface area contributed by atoms with Crippen LogP contribution in [0, 0.1) is 11.8 Å². The van der Waals surface area contributed by atoms with Gasteiger partial charge in [-0.2, -0.15) is 0 Å². The number of hydrogen-bond acceptors (Lipinski definition) is 12. The largest absolute Gasteiger partial charge is 0.481 e. The van der Waals surface area contributed by atoms with Gasteiger partial charge in [-0.15, -0.1) is 0 Å². The molecular weight excluding hydrogens is 741 g/mol. The summed E-state index contributed by atoms with van der Waals surface area (Å²) < 4.78 is 37.1. The Morgan fingerprint density at radius 3 is 1.41 bits per heavy atom. The molecule has 10 atom stereocenters. The fourth-order valence-electron chi connectivity index (χ4n) is 12.2. The number of piperidine rings is 2. The number of likely N-dealkylation sites (tertiary alicyclic amines) is 2. The van der Waals surface area contributed by atoms with Crippen LogP contribution < -0.4 is 18.9 Å². The second-order valence-corrected chi connectivity index (χ2v) is 17.3. The first kappa shape index (κ1) is 35.7. The average Bonchev–Trinajstić information content (AvgIpc) is 3.74. The summed E-state index contributed by atoms with van der Waals surface area (Å²) in [6, 6.07) is 14.4. The van der Waals surface area contributed by atoms with E-state index in [1.54, 1.807) is 36.4 Å². The zero-order valence-electron chi connectivity index (χ0n) is 32.8. The van der Waals surface area contributed by atoms with Crippen LogP contribution in [0.5, 0.6) is 23.0 Å². The van der Waals surface area contributed by atoms with E-state index < -0.39 is 47.2 Å². The molecule has 4 aliphatic carbocycles. The lowest BCUT2D eigenvalue weighted by molar-refractivity contribution is -0.153. The van der Waals surface area contributed by atoms with Crippen molar-refractivity contribution in [2.45, 2.75) is 86.9 Å². The van der Waals surface area contributed by atoms with Crippen LogP contribution in [-0.2, 0) is 42.7 Å². The number of ether oxygens (including phenoxy) is 6. The fourth-order valence-corrected chi connectivity index (χ4v) is 12.2. The van der Waals surface area contributed by atoms with Gasteiger partial charge in [0.1, 0.15) is 12.2 Å². The van der Waals surface area contributed by atoms with Crippen LogP contribution >= 0.6 is 0 Å². The van der Waals surface area contributed by atoms with Gasteiger partial charge in [-0.25, -0.2) is 9.59 Å². The summed E-state index contributed by atoms with van der Waals surface area (Å²) in [7, 11) is 4.31. The van der Waals surface area contributed by atoms with Crippen molar-refractivity contribution in [3.63, 3.8) is 0 Å². The molecule has 11 rings (SSSR count). The van der Waals surface area contributed by atoms with E-state index in [1.165, 1.54) is 13.8 Å². The molecular formula is C46H44N2O10. The Balaban J connectivity index is 0.848. The van der Waals surface area contributed by atoms with Gasteiger partial charge in [0.25, 0.3) is 0 Å². The van der Waals surface area contributed by atoms with Gasteiger partial charge in [0.05, 0.1) is 11.1 Å². The molecule has 8 aliphatic rings. The molecule has 298 valence electrons. The van der Waals surface area contributed by atoms with Crippen molar-refractivity contribution in [2.75, 3.05) is 27.2 Å². The maximum Gasteiger partial charge on any atom is 0.343 e. The number of esters is 4. The highest BCUT2D eigenvalue weighted by Crippen LogP contribution is 2.64. The Morgan fingerprint density at radius 2 is 1.02 bits per heavy atom. The van der Waals surface area contributed by atoms with Crippen LogP contribution in [-0.4, -0.2) is 97.4 Å². The molecule has 2 saturated heterocycles. The summed E-state index contributed by atoms with van der Waals surface area (Å²) >= 11 is 0. The van der Waals surface area contributed by atoms with Crippen LogP contribution in [0.4, 0.5) is 0 Å². The van der Waals surface area contributed by atoms with Gasteiger partial charge in [0.15, 0.2) is 35.2 Å². The summed E-state index contributed by atoms with van der Waals surface area (Å²) in [5.41, 5.74) is 4.10. The number of likely N-dealkylation sites (N-methyl/N-ethyl adjacent to an activating group) is 2. The monoisotopic (exact) mass is 784 g/mol. The maximum atomic E-state index is 13.7. The van der Waals surface area contributed by atoms with E-state index >= 15 is 0 Å². The van der Waals surface area contributed by atoms with Gasteiger partial charge in [-0.3, -0.25) is 9.59 Å². The number of rotatable bonds is 6. The van der Waals surface area contributed by atoms with E-state index in [1.807, 2.05) is 24.3 Å². The number of carbonyl (C=O) groups is 4. The SMILES string of the molecule is CC(=O)O[C@H]1C=C[C@H]2[C@H]3Cc4ccc(OC(=O)c5ccc(C(=O)Oc6ccc7c8c6O[C@H]6[C@@H](OC(C)=O)C=C[C@H]9[C@@H](C7)N(C)CC[C@@]896)cc5)c5c4[C@@]2(CCN3C)[C@H]1O5. The molecule has 2 spiro atoms. The van der Waals surface area contributed by atoms with E-state index in [2.05, 4.69) is 36.0 Å². The molecule has 12 nitrogen and oxygen atoms in total. The molecule has 0 amide bonds. The lowest BCUT2D eigenvalue weighted by atomic mass is 9.53. The Morgan fingerprint density at radius 1 is 0.603 bits per heavy atom. The minimum atomic E-state index is -0.601. The first-order valence-corrected chi connectivity index (χ1v) is 20.3. The highest BCUT2D eigenvalue weighted by molar-refractivity contribution is 5.95. The van der Waals surface area contributed by atoms with E-state index in [0.29, 0.717) is 23.0 Å². The van der Waals surface area contributed by atoms with Crippen molar-refractivity contribution in [2.24, 2.45) is 11.8 Å². The molecule has 0 unspecified atom stereocenters. The molecule has 12 heteroatoms. The minimum absolute atomic E-state index is 0.162. The summed E-state index contributed by atoms with van der Waals surface area (Å²) in [6.45, 7) is 4.55. The third-order valence-corrected chi connectivity index (χ3v) is 14.6. The third-order valence-electron chi connectivity index (χ3n) is 14.6. The van der Waals surface area contributed by atoms with Gasteiger partial charge in [0, 0.05) is 59.7 Å². The number of benzene rings is 3. The smallest absolute Gasteiger partial charge is 0.343 e. The highest BCUT2D eigenvalue weighted by atomic mass is 16.6. The maximum absolute atomic E-state index is 13.7. The summed E-state index contributed by atoms with van der Waals surface area (Å²) in [4.78, 5) is 56.5. The Kier molecular flexibility index (Phi) is 7.70. The second kappa shape index (κ2) is 12.5. The molecule has 3 aromatic rings. The Bertz CT molecular complexity index is 2220. The zero-order valence-corrected chi connectivity index (χ0v) is 32.8. The normalized spacial score (nSPS) is 33.9. The number of nitrogens with zero attached hydrogens (tertiary/aromatic N) is 2. The van der Waals surface area contributed by atoms with Crippen LogP contribution in [0.3, 0.4) is 0 Å². The van der Waals surface area contributed by atoms with Crippen molar-refractivity contribution in [1.82, 2.24) is 9.80 Å². The van der Waals surface area contributed by atoms with Gasteiger partial charge in [-0.05, 0) is 113 Å². The van der Waals surface area contributed by atoms with Crippen molar-refractivity contribution in [3.05, 3.63) is 106 Å². The fraction of sp³-hybridized carbons (Fsp3) is 0.435. The number of hydrogen-bond donors (Lipinski definition) is 0. The van der Waals surface area contributed by atoms with Crippen LogP contribution in [0.2, 0.25) is 0 Å². The Labute approximate surface area is 335 Å². The van der Waals surface area contributed by atoms with Gasteiger partial charge in [-0.1, -0.05) is 24.3 Å². The first-order chi connectivity index (χ1) is 28.0. The zero-order chi connectivity index (χ0) is 39.8. The lowest BCUT2D eigenvalue weighted by Crippen LogP contribution is -2.65. The highest BCUT2D eigenvalue weighted by Gasteiger charge is 2.66. The molecule has 0 saturated carbocycles. The molecule has 3 aromatic carbocycles. The molecule has 4 aliphatic heterocycles. The van der Waals surface area contributed by atoms with E-state index in [4.69, 9.17) is 28.4 Å². The summed E-state index contributed by atoms with van der Waals surface area (Å²) in [5, 5.41) is 0. The average molecular weight is 785 g/mol. The molecule has 4 heterocycles. The molecule has 58 heavy (non-hydrogen) atoms. The third kappa shape index (κ3) is 4.81. The Hall–Kier alpha value is -5.46. The topological polar surface area (TPSA) is 130 Å². The second-order valence-electron chi connectivity index (χ2n) is 17.3. The van der Waals surface area contributed by atoms with Crippen molar-refractivity contribution >= 4 is 23.9 Å². The van der Waals surface area contributed by atoms with Crippen molar-refractivity contribution < 1.29 is 47.6 Å². The van der Waals surface area contributed by atoms with Crippen LogP contribution in [0.15, 0.2) is 72.8 Å². The van der Waals surface area contributed by atoms with E-state index in [-0.39, 0.29) is 47.0 Å². The van der Waals surface area contributed by atoms with Crippen molar-refractivity contribution in [1.29, 1.82) is 0 Å². The lowest BCUT2D eigenvalue weighted by Gasteiger charge is -2.56. The van der Waals surface area contributed by atoms with Crippen molar-refractivity contribution in [3.8, 4) is 23.0 Å². The summed E-state index contributed by atoms with van der Waals surface area (Å²) in [6.07, 6.45) is 9.58. The standard InChI is InChI=1S/C46H44N2O10/c1-23(49)53-35-15-11-29-31-21-27-9-13-33(39-37(27)45(29,41(35)57-39)17-19-47(31)3)55-43(51)25-5-7-26(8-6-25)44(52)56-34-14-10-28-22-32-30-12-16-36(54-24(2)50)42-46(30,18-20-48(32)4)38(28)40(34)58-42/h5-16,29-32,35-36,41-42H,17-22H2,1-4H3/t29-,30-,31+,32+,35-,36-,41-,42-,45-,46-/m0/s1. The van der Waals surface area contributed by atoms with Gasteiger partial charge in [0.2, 0.25) is 0 Å².